The fourth-order valence-electron chi connectivity index (χ4n) is 4.63. The standard InChI is InChI=1S/C23H23NO6/c1-26-18-8-13(9-19(27-2)22(18)28-3)20-14-7-12-5-4-6-29-17(12)10-15(14)24-16-11-30-23(25)21(16)20/h7-10,20-21H,4-6,11H2,1-3H3. The molecular formula is C23H23NO6. The molecule has 0 amide bonds. The van der Waals surface area contributed by atoms with Gasteiger partial charge in [-0.25, -0.2) is 0 Å². The van der Waals surface area contributed by atoms with Gasteiger partial charge in [0.15, 0.2) is 11.5 Å². The van der Waals surface area contributed by atoms with E-state index in [0.717, 1.165) is 46.7 Å². The van der Waals surface area contributed by atoms with Crippen LogP contribution in [0.4, 0.5) is 5.69 Å². The van der Waals surface area contributed by atoms with E-state index in [4.69, 9.17) is 28.7 Å². The molecule has 0 bridgehead atoms. The predicted molar refractivity (Wildman–Crippen MR) is 110 cm³/mol. The lowest BCUT2D eigenvalue weighted by molar-refractivity contribution is -0.141. The molecule has 0 spiro atoms. The average Bonchev–Trinajstić information content (AvgIpc) is 3.15. The third kappa shape index (κ3) is 2.80. The number of methoxy groups -OCH3 is 3. The van der Waals surface area contributed by atoms with Crippen molar-refractivity contribution < 1.29 is 28.5 Å². The van der Waals surface area contributed by atoms with E-state index in [1.807, 2.05) is 18.2 Å². The van der Waals surface area contributed by atoms with Gasteiger partial charge in [-0.05, 0) is 47.7 Å². The van der Waals surface area contributed by atoms with Crippen LogP contribution in [0.3, 0.4) is 0 Å². The smallest absolute Gasteiger partial charge is 0.316 e. The summed E-state index contributed by atoms with van der Waals surface area (Å²) in [4.78, 5) is 17.5. The number of esters is 1. The van der Waals surface area contributed by atoms with Crippen LogP contribution in [0.1, 0.15) is 29.0 Å². The largest absolute Gasteiger partial charge is 0.493 e. The Labute approximate surface area is 174 Å². The lowest BCUT2D eigenvalue weighted by Crippen LogP contribution is -2.28. The zero-order valence-corrected chi connectivity index (χ0v) is 17.2. The summed E-state index contributed by atoms with van der Waals surface area (Å²) >= 11 is 0. The number of aryl methyl sites for hydroxylation is 1. The summed E-state index contributed by atoms with van der Waals surface area (Å²) in [5, 5.41) is 0. The number of benzene rings is 2. The van der Waals surface area contributed by atoms with Crippen molar-refractivity contribution in [3.8, 4) is 23.0 Å². The van der Waals surface area contributed by atoms with Crippen LogP contribution in [0.25, 0.3) is 0 Å². The number of fused-ring (bicyclic) bond motifs is 3. The highest BCUT2D eigenvalue weighted by molar-refractivity contribution is 6.11. The number of cyclic esters (lactones) is 1. The van der Waals surface area contributed by atoms with Gasteiger partial charge in [-0.3, -0.25) is 9.79 Å². The number of nitrogens with zero attached hydrogens (tertiary/aromatic N) is 1. The Kier molecular flexibility index (Phi) is 4.53. The molecule has 2 aromatic rings. The summed E-state index contributed by atoms with van der Waals surface area (Å²) in [7, 11) is 4.74. The molecule has 0 saturated carbocycles. The summed E-state index contributed by atoms with van der Waals surface area (Å²) in [6.07, 6.45) is 1.91. The second-order valence-electron chi connectivity index (χ2n) is 7.60. The first-order valence-electron chi connectivity index (χ1n) is 9.98. The maximum absolute atomic E-state index is 12.7. The van der Waals surface area contributed by atoms with Crippen molar-refractivity contribution in [3.05, 3.63) is 41.0 Å². The van der Waals surface area contributed by atoms with Gasteiger partial charge in [0.2, 0.25) is 5.75 Å². The Morgan fingerprint density at radius 3 is 2.43 bits per heavy atom. The number of aliphatic imine (C=N–C) groups is 1. The molecular weight excluding hydrogens is 386 g/mol. The van der Waals surface area contributed by atoms with Crippen LogP contribution in [0.5, 0.6) is 23.0 Å². The summed E-state index contributed by atoms with van der Waals surface area (Å²) in [5.74, 6) is 1.49. The SMILES string of the molecule is COc1cc(C2c3cc4c(cc3N=C3COC(=O)C32)OCCC4)cc(OC)c1OC. The van der Waals surface area contributed by atoms with Gasteiger partial charge >= 0.3 is 5.97 Å². The Bertz CT molecular complexity index is 1030. The maximum Gasteiger partial charge on any atom is 0.316 e. The van der Waals surface area contributed by atoms with Gasteiger partial charge in [-0.1, -0.05) is 0 Å². The molecule has 3 aliphatic rings. The molecule has 0 radical (unpaired) electrons. The maximum atomic E-state index is 12.7. The molecule has 7 heteroatoms. The predicted octanol–water partition coefficient (Wildman–Crippen LogP) is 3.43. The lowest BCUT2D eigenvalue weighted by Gasteiger charge is -2.30. The molecule has 30 heavy (non-hydrogen) atoms. The fourth-order valence-corrected chi connectivity index (χ4v) is 4.63. The summed E-state index contributed by atoms with van der Waals surface area (Å²) < 4.78 is 27.8. The molecule has 3 aliphatic heterocycles. The van der Waals surface area contributed by atoms with Gasteiger partial charge in [-0.15, -0.1) is 0 Å². The van der Waals surface area contributed by atoms with Crippen molar-refractivity contribution >= 4 is 17.4 Å². The minimum atomic E-state index is -0.470. The van der Waals surface area contributed by atoms with E-state index in [2.05, 4.69) is 6.07 Å². The number of rotatable bonds is 4. The number of hydrogen-bond donors (Lipinski definition) is 0. The zero-order valence-electron chi connectivity index (χ0n) is 17.2. The van der Waals surface area contributed by atoms with Gasteiger partial charge in [-0.2, -0.15) is 0 Å². The minimum Gasteiger partial charge on any atom is -0.493 e. The second-order valence-corrected chi connectivity index (χ2v) is 7.60. The van der Waals surface area contributed by atoms with Crippen molar-refractivity contribution in [1.82, 2.24) is 0 Å². The Morgan fingerprint density at radius 1 is 0.967 bits per heavy atom. The number of carbonyl (C=O) groups excluding carboxylic acids is 1. The third-order valence-corrected chi connectivity index (χ3v) is 6.01. The molecule has 7 nitrogen and oxygen atoms in total. The Hall–Kier alpha value is -3.22. The van der Waals surface area contributed by atoms with Gasteiger partial charge in [0.05, 0.1) is 39.3 Å². The van der Waals surface area contributed by atoms with Crippen molar-refractivity contribution in [2.45, 2.75) is 18.8 Å². The lowest BCUT2D eigenvalue weighted by atomic mass is 9.75. The molecule has 1 fully saturated rings. The van der Waals surface area contributed by atoms with E-state index in [9.17, 15) is 4.79 Å². The molecule has 0 aromatic heterocycles. The van der Waals surface area contributed by atoms with E-state index in [0.29, 0.717) is 23.9 Å². The number of ether oxygens (including phenoxy) is 5. The number of carbonyl (C=O) groups is 1. The van der Waals surface area contributed by atoms with Crippen LogP contribution in [0, 0.1) is 5.92 Å². The van der Waals surface area contributed by atoms with E-state index < -0.39 is 5.92 Å². The van der Waals surface area contributed by atoms with Crippen LogP contribution < -0.4 is 18.9 Å². The van der Waals surface area contributed by atoms with Crippen LogP contribution in [0.2, 0.25) is 0 Å². The highest BCUT2D eigenvalue weighted by Crippen LogP contribution is 2.50. The van der Waals surface area contributed by atoms with E-state index in [1.165, 1.54) is 0 Å². The van der Waals surface area contributed by atoms with Crippen molar-refractivity contribution in [2.24, 2.45) is 10.9 Å². The Morgan fingerprint density at radius 2 is 1.73 bits per heavy atom. The number of hydrogen-bond acceptors (Lipinski definition) is 7. The Balaban J connectivity index is 1.73. The van der Waals surface area contributed by atoms with Crippen molar-refractivity contribution in [2.75, 3.05) is 34.5 Å². The summed E-state index contributed by atoms with van der Waals surface area (Å²) in [6.45, 7) is 0.921. The van der Waals surface area contributed by atoms with Gasteiger partial charge < -0.3 is 23.7 Å². The molecule has 2 atom stereocenters. The zero-order chi connectivity index (χ0) is 20.8. The van der Waals surface area contributed by atoms with Crippen LogP contribution in [-0.4, -0.2) is 46.2 Å². The van der Waals surface area contributed by atoms with E-state index >= 15 is 0 Å². The van der Waals surface area contributed by atoms with E-state index in [1.54, 1.807) is 21.3 Å². The average molecular weight is 409 g/mol. The highest BCUT2D eigenvalue weighted by Gasteiger charge is 2.45. The molecule has 2 unspecified atom stereocenters. The quantitative estimate of drug-likeness (QED) is 0.721. The van der Waals surface area contributed by atoms with Crippen LogP contribution in [0.15, 0.2) is 29.3 Å². The first kappa shape index (κ1) is 18.8. The monoisotopic (exact) mass is 409 g/mol. The first-order valence-corrected chi connectivity index (χ1v) is 9.98. The molecule has 2 aromatic carbocycles. The summed E-state index contributed by atoms with van der Waals surface area (Å²) in [5.41, 5.74) is 4.57. The van der Waals surface area contributed by atoms with Crippen molar-refractivity contribution in [1.29, 1.82) is 0 Å². The molecule has 156 valence electrons. The van der Waals surface area contributed by atoms with Crippen molar-refractivity contribution in [3.63, 3.8) is 0 Å². The summed E-state index contributed by atoms with van der Waals surface area (Å²) in [6, 6.07) is 7.92. The van der Waals surface area contributed by atoms with E-state index in [-0.39, 0.29) is 18.5 Å². The molecule has 5 rings (SSSR count). The normalized spacial score (nSPS) is 21.4. The second kappa shape index (κ2) is 7.23. The van der Waals surface area contributed by atoms with Gasteiger partial charge in [0.25, 0.3) is 0 Å². The third-order valence-electron chi connectivity index (χ3n) is 6.01. The molecule has 0 N–H and O–H groups in total. The van der Waals surface area contributed by atoms with Crippen LogP contribution in [-0.2, 0) is 16.0 Å². The minimum absolute atomic E-state index is 0.210. The topological polar surface area (TPSA) is 75.6 Å². The van der Waals surface area contributed by atoms with Gasteiger partial charge in [0, 0.05) is 12.0 Å². The first-order chi connectivity index (χ1) is 14.6. The van der Waals surface area contributed by atoms with Gasteiger partial charge in [0.1, 0.15) is 18.3 Å². The molecule has 0 aliphatic carbocycles. The molecule has 3 heterocycles. The molecule has 1 saturated heterocycles. The van der Waals surface area contributed by atoms with Crippen LogP contribution >= 0.6 is 0 Å². The fraction of sp³-hybridized carbons (Fsp3) is 0.391. The highest BCUT2D eigenvalue weighted by atomic mass is 16.5.